The highest BCUT2D eigenvalue weighted by Gasteiger charge is 2.32. The fourth-order valence-corrected chi connectivity index (χ4v) is 1.51. The predicted molar refractivity (Wildman–Crippen MR) is 60.5 cm³/mol. The van der Waals surface area contributed by atoms with E-state index in [1.165, 1.54) is 19.1 Å². The van der Waals surface area contributed by atoms with E-state index in [1.54, 1.807) is 0 Å². The molecular formula is C11H9F3N4O. The highest BCUT2D eigenvalue weighted by atomic mass is 19.4. The van der Waals surface area contributed by atoms with Crippen molar-refractivity contribution >= 4 is 11.6 Å². The van der Waals surface area contributed by atoms with Gasteiger partial charge in [0.15, 0.2) is 0 Å². The Hall–Kier alpha value is -2.38. The van der Waals surface area contributed by atoms with Crippen LogP contribution in [0.4, 0.5) is 18.9 Å². The van der Waals surface area contributed by atoms with Crippen LogP contribution in [-0.4, -0.2) is 21.1 Å². The summed E-state index contributed by atoms with van der Waals surface area (Å²) in [6, 6.07) is 3.56. The van der Waals surface area contributed by atoms with E-state index < -0.39 is 17.6 Å². The zero-order valence-electron chi connectivity index (χ0n) is 9.75. The summed E-state index contributed by atoms with van der Waals surface area (Å²) in [5.41, 5.74) is -0.660. The summed E-state index contributed by atoms with van der Waals surface area (Å²) in [6.07, 6.45) is -3.33. The number of halogens is 3. The molecule has 19 heavy (non-hydrogen) atoms. The van der Waals surface area contributed by atoms with E-state index in [1.807, 2.05) is 0 Å². The van der Waals surface area contributed by atoms with Gasteiger partial charge in [-0.2, -0.15) is 18.3 Å². The summed E-state index contributed by atoms with van der Waals surface area (Å²) in [6.45, 7) is 1.35. The minimum atomic E-state index is -4.46. The molecule has 2 N–H and O–H groups in total. The zero-order chi connectivity index (χ0) is 14.0. The van der Waals surface area contributed by atoms with Gasteiger partial charge in [-0.05, 0) is 24.6 Å². The molecule has 0 aliphatic carbocycles. The summed E-state index contributed by atoms with van der Waals surface area (Å²) < 4.78 is 38.1. The molecular weight excluding hydrogens is 261 g/mol. The van der Waals surface area contributed by atoms with Crippen molar-refractivity contribution in [1.82, 2.24) is 15.2 Å². The topological polar surface area (TPSA) is 70.7 Å². The third-order valence-electron chi connectivity index (χ3n) is 2.43. The second-order valence-electron chi connectivity index (χ2n) is 3.82. The minimum absolute atomic E-state index is 0.0410. The van der Waals surface area contributed by atoms with Crippen molar-refractivity contribution in [3.63, 3.8) is 0 Å². The summed E-state index contributed by atoms with van der Waals surface area (Å²) in [5, 5.41) is 8.11. The van der Waals surface area contributed by atoms with E-state index >= 15 is 0 Å². The first-order chi connectivity index (χ1) is 8.88. The van der Waals surface area contributed by atoms with Gasteiger partial charge in [0.1, 0.15) is 6.33 Å². The van der Waals surface area contributed by atoms with Crippen LogP contribution in [-0.2, 0) is 6.18 Å². The number of benzene rings is 1. The van der Waals surface area contributed by atoms with E-state index in [0.717, 1.165) is 12.4 Å². The molecule has 0 atom stereocenters. The van der Waals surface area contributed by atoms with Gasteiger partial charge in [0, 0.05) is 5.69 Å². The summed E-state index contributed by atoms with van der Waals surface area (Å²) in [4.78, 5) is 15.2. The van der Waals surface area contributed by atoms with E-state index in [0.29, 0.717) is 0 Å². The molecule has 0 saturated heterocycles. The van der Waals surface area contributed by atoms with Crippen LogP contribution in [0.3, 0.4) is 0 Å². The Morgan fingerprint density at radius 1 is 1.37 bits per heavy atom. The molecule has 8 heteroatoms. The molecule has 1 aromatic heterocycles. The average molecular weight is 270 g/mol. The molecule has 1 amide bonds. The van der Waals surface area contributed by atoms with Crippen molar-refractivity contribution in [3.8, 4) is 0 Å². The molecule has 0 aliphatic heterocycles. The molecule has 0 fully saturated rings. The summed E-state index contributed by atoms with van der Waals surface area (Å²) in [5.74, 6) is -0.733. The Kier molecular flexibility index (Phi) is 3.24. The first-order valence-electron chi connectivity index (χ1n) is 5.22. The van der Waals surface area contributed by atoms with E-state index in [9.17, 15) is 18.0 Å². The fourth-order valence-electron chi connectivity index (χ4n) is 1.51. The second kappa shape index (κ2) is 4.71. The molecule has 0 saturated carbocycles. The van der Waals surface area contributed by atoms with Crippen LogP contribution in [0.5, 0.6) is 0 Å². The van der Waals surface area contributed by atoms with Crippen LogP contribution in [0.1, 0.15) is 21.7 Å². The van der Waals surface area contributed by atoms with E-state index in [-0.39, 0.29) is 17.1 Å². The maximum atomic E-state index is 12.7. The Morgan fingerprint density at radius 2 is 2.11 bits per heavy atom. The maximum absolute atomic E-state index is 12.7. The Morgan fingerprint density at radius 3 is 2.68 bits per heavy atom. The lowest BCUT2D eigenvalue weighted by Gasteiger charge is -2.12. The third kappa shape index (κ3) is 2.90. The summed E-state index contributed by atoms with van der Waals surface area (Å²) >= 11 is 0. The Labute approximate surface area is 105 Å². The fraction of sp³-hybridized carbons (Fsp3) is 0.182. The van der Waals surface area contributed by atoms with Gasteiger partial charge in [0.25, 0.3) is 5.91 Å². The lowest BCUT2D eigenvalue weighted by molar-refractivity contribution is -0.138. The number of aromatic nitrogens is 3. The molecule has 0 bridgehead atoms. The molecule has 1 heterocycles. The molecule has 0 unspecified atom stereocenters. The number of amides is 1. The smallest absolute Gasteiger partial charge is 0.319 e. The highest BCUT2D eigenvalue weighted by Crippen LogP contribution is 2.33. The molecule has 0 radical (unpaired) electrons. The van der Waals surface area contributed by atoms with Crippen molar-refractivity contribution in [2.45, 2.75) is 13.1 Å². The molecule has 100 valence electrons. The number of aryl methyl sites for hydroxylation is 1. The number of hydrogen-bond donors (Lipinski definition) is 2. The molecule has 0 aliphatic rings. The van der Waals surface area contributed by atoms with Gasteiger partial charge in [0.2, 0.25) is 5.82 Å². The van der Waals surface area contributed by atoms with Gasteiger partial charge >= 0.3 is 6.18 Å². The Balaban J connectivity index is 2.25. The van der Waals surface area contributed by atoms with Crippen LogP contribution in [0.25, 0.3) is 0 Å². The number of nitrogens with one attached hydrogen (secondary N) is 2. The number of aromatic amines is 1. The maximum Gasteiger partial charge on any atom is 0.416 e. The zero-order valence-corrected chi connectivity index (χ0v) is 9.75. The monoisotopic (exact) mass is 270 g/mol. The third-order valence-corrected chi connectivity index (χ3v) is 2.43. The normalized spacial score (nSPS) is 11.4. The van der Waals surface area contributed by atoms with Crippen molar-refractivity contribution in [1.29, 1.82) is 0 Å². The van der Waals surface area contributed by atoms with Gasteiger partial charge in [0.05, 0.1) is 5.56 Å². The summed E-state index contributed by atoms with van der Waals surface area (Å²) in [7, 11) is 0. The van der Waals surface area contributed by atoms with Crippen molar-refractivity contribution in [2.75, 3.05) is 5.32 Å². The van der Waals surface area contributed by atoms with Crippen LogP contribution in [0.2, 0.25) is 0 Å². The standard InChI is InChI=1S/C11H9F3N4O/c1-6-2-3-7(4-8(6)11(12,13)14)17-10(19)9-15-5-16-18-9/h2-5H,1H3,(H,17,19)(H,15,16,18). The van der Waals surface area contributed by atoms with Gasteiger partial charge in [-0.25, -0.2) is 4.98 Å². The van der Waals surface area contributed by atoms with E-state index in [4.69, 9.17) is 0 Å². The first kappa shape index (κ1) is 13.1. The quantitative estimate of drug-likeness (QED) is 0.880. The van der Waals surface area contributed by atoms with Gasteiger partial charge < -0.3 is 5.32 Å². The number of alkyl halides is 3. The lowest BCUT2D eigenvalue weighted by atomic mass is 10.1. The predicted octanol–water partition coefficient (Wildman–Crippen LogP) is 2.38. The Bertz CT molecular complexity index is 592. The average Bonchev–Trinajstić information content (AvgIpc) is 2.83. The molecule has 1 aromatic carbocycles. The molecule has 2 rings (SSSR count). The number of rotatable bonds is 2. The number of H-pyrrole nitrogens is 1. The van der Waals surface area contributed by atoms with Gasteiger partial charge in [-0.3, -0.25) is 9.89 Å². The van der Waals surface area contributed by atoms with Crippen molar-refractivity contribution in [3.05, 3.63) is 41.5 Å². The second-order valence-corrected chi connectivity index (χ2v) is 3.82. The van der Waals surface area contributed by atoms with Gasteiger partial charge in [-0.15, -0.1) is 0 Å². The van der Waals surface area contributed by atoms with Crippen LogP contribution >= 0.6 is 0 Å². The first-order valence-corrected chi connectivity index (χ1v) is 5.22. The lowest BCUT2D eigenvalue weighted by Crippen LogP contribution is -2.15. The SMILES string of the molecule is Cc1ccc(NC(=O)c2ncn[nH]2)cc1C(F)(F)F. The number of hydrogen-bond acceptors (Lipinski definition) is 3. The minimum Gasteiger partial charge on any atom is -0.319 e. The molecule has 5 nitrogen and oxygen atoms in total. The molecule has 2 aromatic rings. The number of nitrogens with zero attached hydrogens (tertiary/aromatic N) is 2. The van der Waals surface area contributed by atoms with Crippen LogP contribution < -0.4 is 5.32 Å². The van der Waals surface area contributed by atoms with E-state index in [2.05, 4.69) is 20.5 Å². The molecule has 0 spiro atoms. The van der Waals surface area contributed by atoms with Gasteiger partial charge in [-0.1, -0.05) is 6.07 Å². The van der Waals surface area contributed by atoms with Crippen molar-refractivity contribution < 1.29 is 18.0 Å². The highest BCUT2D eigenvalue weighted by molar-refractivity contribution is 6.01. The largest absolute Gasteiger partial charge is 0.416 e. The number of carbonyl (C=O) groups is 1. The van der Waals surface area contributed by atoms with Crippen LogP contribution in [0, 0.1) is 6.92 Å². The number of carbonyl (C=O) groups excluding carboxylic acids is 1. The van der Waals surface area contributed by atoms with Crippen molar-refractivity contribution in [2.24, 2.45) is 0 Å². The van der Waals surface area contributed by atoms with Crippen LogP contribution in [0.15, 0.2) is 24.5 Å². The number of anilines is 1.